The molecule has 0 saturated carbocycles. The highest BCUT2D eigenvalue weighted by Crippen LogP contribution is 2.02. The number of halogens is 1. The van der Waals surface area contributed by atoms with Gasteiger partial charge in [-0.1, -0.05) is 6.92 Å². The minimum absolute atomic E-state index is 0. The van der Waals surface area contributed by atoms with Crippen LogP contribution >= 0.6 is 0 Å². The zero-order chi connectivity index (χ0) is 9.26. The summed E-state index contributed by atoms with van der Waals surface area (Å²) in [7, 11) is 0. The monoisotopic (exact) mass is 259 g/mol. The number of aryl methyl sites for hydroxylation is 1. The van der Waals surface area contributed by atoms with E-state index < -0.39 is 0 Å². The fourth-order valence-corrected chi connectivity index (χ4v) is 1.64. The van der Waals surface area contributed by atoms with E-state index in [1.165, 1.54) is 0 Å². The maximum atomic E-state index is 11.3. The summed E-state index contributed by atoms with van der Waals surface area (Å²) in [6.45, 7) is 3.87. The van der Waals surface area contributed by atoms with Crippen LogP contribution in [0.3, 0.4) is 0 Å². The van der Waals surface area contributed by atoms with E-state index in [9.17, 15) is 4.79 Å². The SMILES string of the molecule is CCC[n+]1cc2n(c1)C(=O)NCC2.[Br-]. The Labute approximate surface area is 93.7 Å². The smallest absolute Gasteiger partial charge is 0.413 e. The summed E-state index contributed by atoms with van der Waals surface area (Å²) in [6, 6.07) is -0.00361. The predicted molar refractivity (Wildman–Crippen MR) is 47.4 cm³/mol. The first-order valence-corrected chi connectivity index (χ1v) is 4.70. The average molecular weight is 260 g/mol. The van der Waals surface area contributed by atoms with E-state index >= 15 is 0 Å². The standard InChI is InChI=1S/C9H13N3O.BrH/c1-2-5-11-6-8-3-4-10-9(13)12(8)7-11;/h6-7H,2-5H2,1H3;1H. The molecule has 14 heavy (non-hydrogen) atoms. The number of aromatic nitrogens is 2. The van der Waals surface area contributed by atoms with Crippen molar-refractivity contribution in [2.24, 2.45) is 0 Å². The van der Waals surface area contributed by atoms with E-state index in [4.69, 9.17) is 0 Å². The highest BCUT2D eigenvalue weighted by Gasteiger charge is 2.23. The number of amides is 1. The Morgan fingerprint density at radius 1 is 1.64 bits per heavy atom. The van der Waals surface area contributed by atoms with Crippen molar-refractivity contribution in [3.63, 3.8) is 0 Å². The molecule has 1 N–H and O–H groups in total. The van der Waals surface area contributed by atoms with Crippen LogP contribution in [-0.4, -0.2) is 17.1 Å². The lowest BCUT2D eigenvalue weighted by Gasteiger charge is -2.07. The molecule has 78 valence electrons. The number of carbonyl (C=O) groups is 1. The van der Waals surface area contributed by atoms with Gasteiger partial charge >= 0.3 is 6.03 Å². The van der Waals surface area contributed by atoms with Crippen molar-refractivity contribution in [3.05, 3.63) is 18.2 Å². The molecule has 0 saturated heterocycles. The van der Waals surface area contributed by atoms with Crippen LogP contribution < -0.4 is 26.9 Å². The normalized spacial score (nSPS) is 14.2. The summed E-state index contributed by atoms with van der Waals surface area (Å²) in [5, 5.41) is 2.80. The van der Waals surface area contributed by atoms with Crippen molar-refractivity contribution in [3.8, 4) is 0 Å². The molecular weight excluding hydrogens is 246 g/mol. The number of carbonyl (C=O) groups excluding carboxylic acids is 1. The van der Waals surface area contributed by atoms with Crippen molar-refractivity contribution in [2.45, 2.75) is 26.3 Å². The van der Waals surface area contributed by atoms with Gasteiger partial charge in [0.25, 0.3) is 6.33 Å². The van der Waals surface area contributed by atoms with Gasteiger partial charge in [-0.15, -0.1) is 4.57 Å². The Morgan fingerprint density at radius 3 is 3.07 bits per heavy atom. The number of fused-ring (bicyclic) bond motifs is 1. The van der Waals surface area contributed by atoms with Crippen molar-refractivity contribution in [1.82, 2.24) is 9.88 Å². The first kappa shape index (κ1) is 11.2. The molecule has 0 radical (unpaired) electrons. The predicted octanol–water partition coefficient (Wildman–Crippen LogP) is -2.70. The van der Waals surface area contributed by atoms with E-state index in [1.807, 2.05) is 6.33 Å². The van der Waals surface area contributed by atoms with Crippen LogP contribution in [0, 0.1) is 0 Å². The Hall–Kier alpha value is -0.840. The molecule has 0 atom stereocenters. The number of rotatable bonds is 2. The molecular formula is C9H14BrN3O. The summed E-state index contributed by atoms with van der Waals surface area (Å²) >= 11 is 0. The molecule has 0 aromatic carbocycles. The number of nitrogens with one attached hydrogen (secondary N) is 1. The molecule has 1 aliphatic heterocycles. The zero-order valence-corrected chi connectivity index (χ0v) is 9.75. The Balaban J connectivity index is 0.000000980. The van der Waals surface area contributed by atoms with E-state index in [2.05, 4.69) is 23.0 Å². The lowest BCUT2D eigenvalue weighted by atomic mass is 10.3. The maximum Gasteiger partial charge on any atom is 0.413 e. The molecule has 1 aliphatic rings. The molecule has 0 fully saturated rings. The average Bonchev–Trinajstić information content (AvgIpc) is 2.49. The number of nitrogens with zero attached hydrogens (tertiary/aromatic N) is 2. The van der Waals surface area contributed by atoms with Crippen LogP contribution in [0.25, 0.3) is 0 Å². The molecule has 1 aromatic heterocycles. The van der Waals surface area contributed by atoms with Crippen LogP contribution in [0.2, 0.25) is 0 Å². The third-order valence-corrected chi connectivity index (χ3v) is 2.25. The van der Waals surface area contributed by atoms with Crippen molar-refractivity contribution in [1.29, 1.82) is 0 Å². The molecule has 0 bridgehead atoms. The Morgan fingerprint density at radius 2 is 2.43 bits per heavy atom. The maximum absolute atomic E-state index is 11.3. The van der Waals surface area contributed by atoms with Gasteiger partial charge in [0.05, 0.1) is 6.54 Å². The van der Waals surface area contributed by atoms with Crippen LogP contribution in [0.4, 0.5) is 4.79 Å². The van der Waals surface area contributed by atoms with Gasteiger partial charge < -0.3 is 22.3 Å². The summed E-state index contributed by atoms with van der Waals surface area (Å²) < 4.78 is 3.76. The van der Waals surface area contributed by atoms with Gasteiger partial charge in [-0.2, -0.15) is 0 Å². The van der Waals surface area contributed by atoms with Gasteiger partial charge in [-0.05, 0) is 6.42 Å². The van der Waals surface area contributed by atoms with Gasteiger partial charge in [0.2, 0.25) is 0 Å². The fourth-order valence-electron chi connectivity index (χ4n) is 1.64. The molecule has 1 amide bonds. The number of hydrogen-bond acceptors (Lipinski definition) is 1. The largest absolute Gasteiger partial charge is 1.00 e. The Kier molecular flexibility index (Phi) is 3.69. The second kappa shape index (κ2) is 4.59. The molecule has 2 rings (SSSR count). The fraction of sp³-hybridized carbons (Fsp3) is 0.556. The molecule has 4 nitrogen and oxygen atoms in total. The van der Waals surface area contributed by atoms with Gasteiger partial charge in [-0.3, -0.25) is 0 Å². The van der Waals surface area contributed by atoms with Crippen molar-refractivity contribution >= 4 is 6.03 Å². The van der Waals surface area contributed by atoms with Crippen LogP contribution in [-0.2, 0) is 13.0 Å². The summed E-state index contributed by atoms with van der Waals surface area (Å²) in [5.74, 6) is 0. The van der Waals surface area contributed by atoms with E-state index in [0.717, 1.165) is 31.6 Å². The summed E-state index contributed by atoms with van der Waals surface area (Å²) in [6.07, 6.45) is 5.95. The number of hydrogen-bond donors (Lipinski definition) is 1. The second-order valence-corrected chi connectivity index (χ2v) is 3.33. The van der Waals surface area contributed by atoms with Crippen LogP contribution in [0.1, 0.15) is 19.0 Å². The molecule has 5 heteroatoms. The van der Waals surface area contributed by atoms with Crippen LogP contribution in [0.15, 0.2) is 12.5 Å². The van der Waals surface area contributed by atoms with Gasteiger partial charge in [0.1, 0.15) is 6.20 Å². The minimum atomic E-state index is -0.00361. The molecule has 1 aromatic rings. The van der Waals surface area contributed by atoms with Crippen LogP contribution in [0.5, 0.6) is 0 Å². The third kappa shape index (κ3) is 1.97. The second-order valence-electron chi connectivity index (χ2n) is 3.33. The lowest BCUT2D eigenvalue weighted by molar-refractivity contribution is -0.696. The van der Waals surface area contributed by atoms with E-state index in [-0.39, 0.29) is 23.0 Å². The van der Waals surface area contributed by atoms with Crippen molar-refractivity contribution in [2.75, 3.05) is 6.54 Å². The summed E-state index contributed by atoms with van der Waals surface area (Å²) in [5.41, 5.74) is 1.11. The molecule has 0 spiro atoms. The summed E-state index contributed by atoms with van der Waals surface area (Å²) in [4.78, 5) is 11.3. The third-order valence-electron chi connectivity index (χ3n) is 2.25. The first-order chi connectivity index (χ1) is 6.31. The van der Waals surface area contributed by atoms with Crippen molar-refractivity contribution < 1.29 is 26.3 Å². The minimum Gasteiger partial charge on any atom is -1.00 e. The van der Waals surface area contributed by atoms with Gasteiger partial charge in [0.15, 0.2) is 5.69 Å². The Bertz CT molecular complexity index is 335. The van der Waals surface area contributed by atoms with E-state index in [0.29, 0.717) is 0 Å². The first-order valence-electron chi connectivity index (χ1n) is 4.70. The zero-order valence-electron chi connectivity index (χ0n) is 8.16. The molecule has 0 aliphatic carbocycles. The molecule has 2 heterocycles. The lowest BCUT2D eigenvalue weighted by Crippen LogP contribution is -3.00. The highest BCUT2D eigenvalue weighted by atomic mass is 79.9. The highest BCUT2D eigenvalue weighted by molar-refractivity contribution is 5.77. The topological polar surface area (TPSA) is 37.9 Å². The molecule has 0 unspecified atom stereocenters. The quantitative estimate of drug-likeness (QED) is 0.578. The van der Waals surface area contributed by atoms with Gasteiger partial charge in [0, 0.05) is 13.0 Å². The van der Waals surface area contributed by atoms with E-state index in [1.54, 1.807) is 4.57 Å². The number of imidazole rings is 1. The van der Waals surface area contributed by atoms with Gasteiger partial charge in [-0.25, -0.2) is 9.36 Å².